The van der Waals surface area contributed by atoms with Crippen LogP contribution >= 0.6 is 0 Å². The highest BCUT2D eigenvalue weighted by Gasteiger charge is 2.17. The molecule has 1 amide bonds. The van der Waals surface area contributed by atoms with E-state index in [2.05, 4.69) is 15.3 Å². The van der Waals surface area contributed by atoms with Crippen molar-refractivity contribution in [2.45, 2.75) is 13.5 Å². The van der Waals surface area contributed by atoms with Gasteiger partial charge in [-0.25, -0.2) is 4.99 Å². The highest BCUT2D eigenvalue weighted by atomic mass is 16.5. The number of anilines is 1. The number of benzene rings is 2. The Morgan fingerprint density at radius 3 is 2.61 bits per heavy atom. The predicted molar refractivity (Wildman–Crippen MR) is 124 cm³/mol. The van der Waals surface area contributed by atoms with Crippen LogP contribution in [0, 0.1) is 6.92 Å². The van der Waals surface area contributed by atoms with Crippen LogP contribution in [-0.4, -0.2) is 30.2 Å². The van der Waals surface area contributed by atoms with Crippen molar-refractivity contribution in [2.24, 2.45) is 4.99 Å². The number of fused-ring (bicyclic) bond motifs is 1. The Kier molecular flexibility index (Phi) is 6.37. The summed E-state index contributed by atoms with van der Waals surface area (Å²) < 4.78 is 16.8. The van der Waals surface area contributed by atoms with Crippen LogP contribution in [-0.2, 0) is 6.61 Å². The lowest BCUT2D eigenvalue weighted by Gasteiger charge is -2.11. The van der Waals surface area contributed by atoms with E-state index in [0.717, 1.165) is 0 Å². The third kappa shape index (κ3) is 4.56. The second-order valence-corrected chi connectivity index (χ2v) is 7.20. The number of nitrogens with zero attached hydrogens (tertiary/aromatic N) is 2. The van der Waals surface area contributed by atoms with Crippen molar-refractivity contribution in [3.63, 3.8) is 0 Å². The van der Waals surface area contributed by atoms with Gasteiger partial charge in [0.15, 0.2) is 5.58 Å². The van der Waals surface area contributed by atoms with Crippen molar-refractivity contribution in [3.8, 4) is 11.5 Å². The fourth-order valence-electron chi connectivity index (χ4n) is 3.37. The molecule has 0 saturated heterocycles. The maximum absolute atomic E-state index is 13.2. The van der Waals surface area contributed by atoms with Crippen LogP contribution in [0.2, 0.25) is 0 Å². The number of hydrogen-bond acceptors (Lipinski definition) is 7. The van der Waals surface area contributed by atoms with Gasteiger partial charge in [-0.3, -0.25) is 9.78 Å². The van der Waals surface area contributed by atoms with Gasteiger partial charge in [0.2, 0.25) is 5.55 Å². The summed E-state index contributed by atoms with van der Waals surface area (Å²) in [6.45, 7) is 1.54. The minimum atomic E-state index is -0.406. The molecule has 0 unspecified atom stereocenters. The first kappa shape index (κ1) is 22.0. The summed E-state index contributed by atoms with van der Waals surface area (Å²) in [5, 5.41) is 13.2. The smallest absolute Gasteiger partial charge is 0.261 e. The molecule has 0 aliphatic carbocycles. The van der Waals surface area contributed by atoms with Crippen molar-refractivity contribution in [3.05, 3.63) is 83.2 Å². The van der Waals surface area contributed by atoms with E-state index in [0.29, 0.717) is 45.1 Å². The first-order chi connectivity index (χ1) is 16.0. The van der Waals surface area contributed by atoms with Gasteiger partial charge < -0.3 is 24.3 Å². The molecule has 4 rings (SSSR count). The summed E-state index contributed by atoms with van der Waals surface area (Å²) in [4.78, 5) is 22.1. The molecule has 2 heterocycles. The molecular weight excluding hydrogens is 422 g/mol. The number of aromatic nitrogens is 1. The molecule has 0 fully saturated rings. The standard InChI is InChI=1S/C25H23N3O5/c1-15-23-19(16(14-29)13-26-15)12-20(24(30)27-17-7-5-4-6-8-17)25(33-23)28-21-10-9-18(31-2)11-22(21)32-3/h4-13,29H,14H2,1-3H3,(H,27,30). The van der Waals surface area contributed by atoms with Gasteiger partial charge in [0.1, 0.15) is 22.7 Å². The topological polar surface area (TPSA) is 106 Å². The highest BCUT2D eigenvalue weighted by molar-refractivity contribution is 6.05. The average molecular weight is 445 g/mol. The molecule has 8 nitrogen and oxygen atoms in total. The van der Waals surface area contributed by atoms with Crippen molar-refractivity contribution < 1.29 is 23.8 Å². The number of ether oxygens (including phenoxy) is 2. The molecule has 8 heteroatoms. The fourth-order valence-corrected chi connectivity index (χ4v) is 3.37. The lowest BCUT2D eigenvalue weighted by molar-refractivity contribution is 0.102. The molecule has 2 aromatic carbocycles. The molecule has 0 aliphatic rings. The van der Waals surface area contributed by atoms with Gasteiger partial charge in [-0.05, 0) is 37.3 Å². The number of para-hydroxylation sites is 1. The summed E-state index contributed by atoms with van der Waals surface area (Å²) in [5.74, 6) is 0.658. The number of aliphatic hydroxyl groups excluding tert-OH is 1. The van der Waals surface area contributed by atoms with Crippen molar-refractivity contribution >= 4 is 28.3 Å². The van der Waals surface area contributed by atoms with Crippen LogP contribution in [0.1, 0.15) is 21.6 Å². The molecule has 0 aliphatic heterocycles. The Morgan fingerprint density at radius 2 is 1.91 bits per heavy atom. The van der Waals surface area contributed by atoms with Crippen molar-refractivity contribution in [1.82, 2.24) is 4.98 Å². The lowest BCUT2D eigenvalue weighted by atomic mass is 10.1. The zero-order valence-corrected chi connectivity index (χ0v) is 18.5. The zero-order chi connectivity index (χ0) is 23.4. The summed E-state index contributed by atoms with van der Waals surface area (Å²) >= 11 is 0. The molecule has 2 N–H and O–H groups in total. The van der Waals surface area contributed by atoms with E-state index in [9.17, 15) is 9.90 Å². The minimum Gasteiger partial charge on any atom is -0.497 e. The number of rotatable bonds is 6. The number of carbonyl (C=O) groups is 1. The van der Waals surface area contributed by atoms with Crippen LogP contribution in [0.5, 0.6) is 11.5 Å². The second-order valence-electron chi connectivity index (χ2n) is 7.20. The number of aryl methyl sites for hydroxylation is 1. The average Bonchev–Trinajstić information content (AvgIpc) is 2.85. The van der Waals surface area contributed by atoms with Crippen LogP contribution in [0.4, 0.5) is 11.4 Å². The summed E-state index contributed by atoms with van der Waals surface area (Å²) in [6.07, 6.45) is 1.56. The fraction of sp³-hybridized carbons (Fsp3) is 0.160. The Hall–Kier alpha value is -4.17. The van der Waals surface area contributed by atoms with Crippen molar-refractivity contribution in [2.75, 3.05) is 19.5 Å². The monoisotopic (exact) mass is 445 g/mol. The van der Waals surface area contributed by atoms with Crippen LogP contribution in [0.3, 0.4) is 0 Å². The van der Waals surface area contributed by atoms with E-state index in [1.807, 2.05) is 18.2 Å². The van der Waals surface area contributed by atoms with Gasteiger partial charge in [0.25, 0.3) is 5.91 Å². The van der Waals surface area contributed by atoms with Gasteiger partial charge >= 0.3 is 0 Å². The van der Waals surface area contributed by atoms with E-state index < -0.39 is 5.91 Å². The molecule has 4 aromatic rings. The number of aliphatic hydroxyl groups is 1. The van der Waals surface area contributed by atoms with E-state index in [-0.39, 0.29) is 17.7 Å². The lowest BCUT2D eigenvalue weighted by Crippen LogP contribution is -2.22. The Morgan fingerprint density at radius 1 is 1.12 bits per heavy atom. The Balaban J connectivity index is 1.95. The number of amides is 1. The molecule has 0 spiro atoms. The summed E-state index contributed by atoms with van der Waals surface area (Å²) in [7, 11) is 3.08. The van der Waals surface area contributed by atoms with Crippen molar-refractivity contribution in [1.29, 1.82) is 0 Å². The Labute approximate surface area is 190 Å². The van der Waals surface area contributed by atoms with E-state index in [1.165, 1.54) is 7.11 Å². The number of pyridine rings is 1. The number of carbonyl (C=O) groups excluding carboxylic acids is 1. The largest absolute Gasteiger partial charge is 0.497 e. The van der Waals surface area contributed by atoms with Crippen LogP contribution in [0.15, 0.2) is 70.2 Å². The van der Waals surface area contributed by atoms with E-state index in [1.54, 1.807) is 56.6 Å². The quantitative estimate of drug-likeness (QED) is 0.462. The zero-order valence-electron chi connectivity index (χ0n) is 18.5. The number of nitrogens with one attached hydrogen (secondary N) is 1. The number of methoxy groups -OCH3 is 2. The summed E-state index contributed by atoms with van der Waals surface area (Å²) in [5.41, 5.74) is 2.95. The third-order valence-corrected chi connectivity index (χ3v) is 5.11. The Bertz CT molecular complexity index is 1380. The summed E-state index contributed by atoms with van der Waals surface area (Å²) in [6, 6.07) is 15.9. The van der Waals surface area contributed by atoms with Gasteiger partial charge in [-0.2, -0.15) is 0 Å². The predicted octanol–water partition coefficient (Wildman–Crippen LogP) is 4.13. The molecule has 168 valence electrons. The second kappa shape index (κ2) is 9.54. The number of hydrogen-bond donors (Lipinski definition) is 2. The molecule has 0 bridgehead atoms. The van der Waals surface area contributed by atoms with Gasteiger partial charge in [-0.15, -0.1) is 0 Å². The first-order valence-corrected chi connectivity index (χ1v) is 10.2. The minimum absolute atomic E-state index is 0.0828. The highest BCUT2D eigenvalue weighted by Crippen LogP contribution is 2.31. The van der Waals surface area contributed by atoms with Gasteiger partial charge in [-0.1, -0.05) is 18.2 Å². The molecule has 2 aromatic heterocycles. The van der Waals surface area contributed by atoms with Crippen LogP contribution < -0.4 is 20.3 Å². The molecule has 0 saturated carbocycles. The normalized spacial score (nSPS) is 11.5. The maximum Gasteiger partial charge on any atom is 0.261 e. The molecular formula is C25H23N3O5. The molecule has 0 radical (unpaired) electrons. The first-order valence-electron chi connectivity index (χ1n) is 10.2. The van der Waals surface area contributed by atoms with Gasteiger partial charge in [0, 0.05) is 28.9 Å². The third-order valence-electron chi connectivity index (χ3n) is 5.11. The van der Waals surface area contributed by atoms with Crippen LogP contribution in [0.25, 0.3) is 11.0 Å². The SMILES string of the molecule is COc1ccc(N=c2oc3c(C)ncc(CO)c3cc2C(=O)Nc2ccccc2)c(OC)c1. The van der Waals surface area contributed by atoms with E-state index in [4.69, 9.17) is 13.9 Å². The van der Waals surface area contributed by atoms with E-state index >= 15 is 0 Å². The molecule has 33 heavy (non-hydrogen) atoms. The molecule has 0 atom stereocenters. The van der Waals surface area contributed by atoms with Gasteiger partial charge in [0.05, 0.1) is 26.5 Å². The maximum atomic E-state index is 13.2.